The average Bonchev–Trinajstić information content (AvgIpc) is 3.54. The molecule has 0 radical (unpaired) electrons. The number of hydrogen-bond acceptors (Lipinski definition) is 4. The molecule has 3 fully saturated rings. The predicted molar refractivity (Wildman–Crippen MR) is 116 cm³/mol. The van der Waals surface area contributed by atoms with Crippen molar-refractivity contribution in [2.75, 3.05) is 19.6 Å². The van der Waals surface area contributed by atoms with E-state index in [2.05, 4.69) is 15.4 Å². The van der Waals surface area contributed by atoms with Gasteiger partial charge in [-0.15, -0.1) is 13.2 Å². The summed E-state index contributed by atoms with van der Waals surface area (Å²) >= 11 is 0. The summed E-state index contributed by atoms with van der Waals surface area (Å²) in [7, 11) is 0. The van der Waals surface area contributed by atoms with Crippen molar-refractivity contribution in [2.45, 2.75) is 64.0 Å². The molecule has 2 atom stereocenters. The molecular weight excluding hydrogens is 472 g/mol. The van der Waals surface area contributed by atoms with Crippen molar-refractivity contribution in [3.63, 3.8) is 0 Å². The molecule has 8 nitrogen and oxygen atoms in total. The van der Waals surface area contributed by atoms with Crippen LogP contribution >= 0.6 is 0 Å². The minimum absolute atomic E-state index is 0.0112. The molecule has 4 rings (SSSR count). The Labute approximate surface area is 199 Å². The maximum Gasteiger partial charge on any atom is 0.573 e. The van der Waals surface area contributed by atoms with Gasteiger partial charge >= 0.3 is 12.4 Å². The molecule has 0 bridgehead atoms. The number of nitrogens with one attached hydrogen (secondary N) is 2. The van der Waals surface area contributed by atoms with Gasteiger partial charge in [0.2, 0.25) is 11.8 Å². The Morgan fingerprint density at radius 3 is 2.60 bits per heavy atom. The first kappa shape index (κ1) is 25.1. The Kier molecular flexibility index (Phi) is 6.83. The summed E-state index contributed by atoms with van der Waals surface area (Å²) in [6.07, 6.45) is -2.18. The summed E-state index contributed by atoms with van der Waals surface area (Å²) in [6.45, 7) is 2.78. The smallest absolute Gasteiger partial charge is 0.406 e. The van der Waals surface area contributed by atoms with Crippen molar-refractivity contribution in [1.82, 2.24) is 20.4 Å². The molecule has 1 aromatic carbocycles. The van der Waals surface area contributed by atoms with Crippen molar-refractivity contribution in [1.29, 1.82) is 0 Å². The molecule has 35 heavy (non-hydrogen) atoms. The van der Waals surface area contributed by atoms with Crippen LogP contribution in [0.4, 0.5) is 22.4 Å². The molecule has 4 amide bonds. The van der Waals surface area contributed by atoms with Crippen LogP contribution in [0.5, 0.6) is 5.75 Å². The summed E-state index contributed by atoms with van der Waals surface area (Å²) < 4.78 is 55.1. The van der Waals surface area contributed by atoms with Crippen LogP contribution in [0.2, 0.25) is 0 Å². The van der Waals surface area contributed by atoms with Crippen LogP contribution in [-0.2, 0) is 16.1 Å². The van der Waals surface area contributed by atoms with E-state index in [9.17, 15) is 31.9 Å². The topological polar surface area (TPSA) is 91.0 Å². The van der Waals surface area contributed by atoms with Crippen LogP contribution in [0.3, 0.4) is 0 Å². The molecule has 2 saturated heterocycles. The number of hydrogen-bond donors (Lipinski definition) is 2. The van der Waals surface area contributed by atoms with Gasteiger partial charge in [-0.2, -0.15) is 0 Å². The Bertz CT molecular complexity index is 1000. The van der Waals surface area contributed by atoms with E-state index in [1.165, 1.54) is 0 Å². The van der Waals surface area contributed by atoms with Crippen LogP contribution in [-0.4, -0.2) is 65.7 Å². The highest BCUT2D eigenvalue weighted by molar-refractivity contribution is 5.81. The molecule has 1 aliphatic carbocycles. The lowest BCUT2D eigenvalue weighted by Gasteiger charge is -2.47. The summed E-state index contributed by atoms with van der Waals surface area (Å²) in [5, 5.41) is 5.51. The van der Waals surface area contributed by atoms with Crippen molar-refractivity contribution < 1.29 is 36.7 Å². The molecule has 1 aromatic rings. The van der Waals surface area contributed by atoms with Crippen molar-refractivity contribution in [3.8, 4) is 5.75 Å². The lowest BCUT2D eigenvalue weighted by Crippen LogP contribution is -2.60. The number of piperidine rings is 1. The quantitative estimate of drug-likeness (QED) is 0.588. The lowest BCUT2D eigenvalue weighted by atomic mass is 9.76. The molecule has 2 N–H and O–H groups in total. The maximum atomic E-state index is 14.3. The molecule has 2 heterocycles. The van der Waals surface area contributed by atoms with Gasteiger partial charge in [-0.3, -0.25) is 9.59 Å². The predicted octanol–water partition coefficient (Wildman–Crippen LogP) is 2.92. The van der Waals surface area contributed by atoms with Gasteiger partial charge in [0.15, 0.2) is 0 Å². The second-order valence-corrected chi connectivity index (χ2v) is 9.54. The first-order valence-electron chi connectivity index (χ1n) is 11.6. The number of carbonyl (C=O) groups excluding carboxylic acids is 3. The van der Waals surface area contributed by atoms with Gasteiger partial charge in [-0.1, -0.05) is 13.0 Å². The molecule has 0 aromatic heterocycles. The first-order valence-corrected chi connectivity index (χ1v) is 11.6. The second-order valence-electron chi connectivity index (χ2n) is 9.54. The van der Waals surface area contributed by atoms with Crippen LogP contribution in [0.15, 0.2) is 18.2 Å². The number of likely N-dealkylation sites (tertiary alicyclic amines) is 1. The fraction of sp³-hybridized carbons (Fsp3) is 0.609. The number of carbonyl (C=O) groups is 3. The van der Waals surface area contributed by atoms with Gasteiger partial charge < -0.3 is 25.2 Å². The number of nitrogens with zero attached hydrogens (tertiary/aromatic N) is 2. The highest BCUT2D eigenvalue weighted by Gasteiger charge is 2.50. The summed E-state index contributed by atoms with van der Waals surface area (Å²) in [5.41, 5.74) is -0.435. The summed E-state index contributed by atoms with van der Waals surface area (Å²) in [6, 6.07) is 1.96. The van der Waals surface area contributed by atoms with Gasteiger partial charge in [-0.25, -0.2) is 9.18 Å². The van der Waals surface area contributed by atoms with E-state index in [1.807, 2.05) is 0 Å². The van der Waals surface area contributed by atoms with E-state index in [0.717, 1.165) is 25.0 Å². The van der Waals surface area contributed by atoms with Crippen LogP contribution < -0.4 is 15.4 Å². The Morgan fingerprint density at radius 2 is 2.03 bits per heavy atom. The Balaban J connectivity index is 1.46. The molecule has 192 valence electrons. The van der Waals surface area contributed by atoms with Crippen molar-refractivity contribution in [2.24, 2.45) is 5.41 Å². The number of amides is 4. The van der Waals surface area contributed by atoms with Gasteiger partial charge in [-0.05, 0) is 25.3 Å². The highest BCUT2D eigenvalue weighted by atomic mass is 19.4. The zero-order valence-electron chi connectivity index (χ0n) is 19.3. The number of halogens is 4. The van der Waals surface area contributed by atoms with Crippen molar-refractivity contribution >= 4 is 17.8 Å². The average molecular weight is 500 g/mol. The lowest BCUT2D eigenvalue weighted by molar-refractivity contribution is -0.274. The number of benzene rings is 1. The zero-order chi connectivity index (χ0) is 25.4. The van der Waals surface area contributed by atoms with E-state index < -0.39 is 29.4 Å². The molecule has 2 unspecified atom stereocenters. The maximum absolute atomic E-state index is 14.3. The molecule has 2 aliphatic heterocycles. The highest BCUT2D eigenvalue weighted by Crippen LogP contribution is 2.41. The van der Waals surface area contributed by atoms with E-state index in [0.29, 0.717) is 38.5 Å². The Hall–Kier alpha value is -3.05. The largest absolute Gasteiger partial charge is 0.573 e. The SMILES string of the molecule is CCC(=O)N1CC(N(C(=O)NCc2ccc(OC(F)(F)F)cc2F)C2CC2)CC2(CNC(=O)C2)C1. The molecule has 1 spiro atoms. The summed E-state index contributed by atoms with van der Waals surface area (Å²) in [5.74, 6) is -1.74. The molecule has 3 aliphatic rings. The van der Waals surface area contributed by atoms with Gasteiger partial charge in [0.1, 0.15) is 11.6 Å². The minimum Gasteiger partial charge on any atom is -0.406 e. The molecular formula is C23H28F4N4O4. The van der Waals surface area contributed by atoms with Crippen LogP contribution in [0, 0.1) is 11.2 Å². The van der Waals surface area contributed by atoms with E-state index in [-0.39, 0.29) is 42.4 Å². The second kappa shape index (κ2) is 9.54. The third kappa shape index (κ3) is 5.96. The monoisotopic (exact) mass is 500 g/mol. The number of alkyl halides is 3. The van der Waals surface area contributed by atoms with Crippen LogP contribution in [0.25, 0.3) is 0 Å². The summed E-state index contributed by atoms with van der Waals surface area (Å²) in [4.78, 5) is 41.2. The van der Waals surface area contributed by atoms with E-state index in [4.69, 9.17) is 0 Å². The Morgan fingerprint density at radius 1 is 1.29 bits per heavy atom. The molecule has 1 saturated carbocycles. The number of urea groups is 1. The number of ether oxygens (including phenoxy) is 1. The first-order chi connectivity index (χ1) is 16.5. The van der Waals surface area contributed by atoms with Gasteiger partial charge in [0.05, 0.1) is 6.04 Å². The van der Waals surface area contributed by atoms with E-state index in [1.54, 1.807) is 16.7 Å². The zero-order valence-corrected chi connectivity index (χ0v) is 19.3. The van der Waals surface area contributed by atoms with Gasteiger partial charge in [0.25, 0.3) is 0 Å². The standard InChI is InChI=1S/C23H28F4N4O4/c1-2-20(33)30-11-16(8-22(13-30)9-19(32)29-12-22)31(15-4-5-15)21(34)28-10-14-3-6-17(7-18(14)24)35-23(25,26)27/h3,6-7,15-16H,2,4-5,8-13H2,1H3,(H,28,34)(H,29,32). The minimum atomic E-state index is -4.93. The number of rotatable bonds is 6. The van der Waals surface area contributed by atoms with Crippen molar-refractivity contribution in [3.05, 3.63) is 29.6 Å². The van der Waals surface area contributed by atoms with Gasteiger partial charge in [0, 0.05) is 62.1 Å². The van der Waals surface area contributed by atoms with Crippen LogP contribution in [0.1, 0.15) is 44.6 Å². The third-order valence-corrected chi connectivity index (χ3v) is 6.73. The third-order valence-electron chi connectivity index (χ3n) is 6.73. The van der Waals surface area contributed by atoms with E-state index >= 15 is 0 Å². The molecule has 12 heteroatoms. The fourth-order valence-corrected chi connectivity index (χ4v) is 5.07. The fourth-order valence-electron chi connectivity index (χ4n) is 5.07. The normalized spacial score (nSPS) is 24.3.